The van der Waals surface area contributed by atoms with E-state index in [-0.39, 0.29) is 11.5 Å². The lowest BCUT2D eigenvalue weighted by Gasteiger charge is -2.21. The molecule has 0 bridgehead atoms. The number of hydrogen-bond acceptors (Lipinski definition) is 1. The van der Waals surface area contributed by atoms with E-state index in [1.54, 1.807) is 7.05 Å². The molecule has 1 nitrogen and oxygen atoms in total. The molecule has 1 atom stereocenters. The molecule has 0 amide bonds. The van der Waals surface area contributed by atoms with Gasteiger partial charge >= 0.3 is 6.18 Å². The summed E-state index contributed by atoms with van der Waals surface area (Å²) < 4.78 is 51.7. The summed E-state index contributed by atoms with van der Waals surface area (Å²) in [5.74, 6) is -0.915. The normalized spacial score (nSPS) is 14.0. The molecule has 1 rings (SSSR count). The van der Waals surface area contributed by atoms with Crippen LogP contribution in [0.15, 0.2) is 18.2 Å². The summed E-state index contributed by atoms with van der Waals surface area (Å²) in [5.41, 5.74) is -1.13. The Morgan fingerprint density at radius 3 is 2.28 bits per heavy atom. The summed E-state index contributed by atoms with van der Waals surface area (Å²) in [6.45, 7) is 3.88. The summed E-state index contributed by atoms with van der Waals surface area (Å²) in [5, 5.41) is 2.86. The Morgan fingerprint density at radius 1 is 1.22 bits per heavy atom. The van der Waals surface area contributed by atoms with Crippen LogP contribution >= 0.6 is 0 Å². The van der Waals surface area contributed by atoms with Crippen molar-refractivity contribution in [2.24, 2.45) is 5.92 Å². The van der Waals surface area contributed by atoms with Gasteiger partial charge in [0.25, 0.3) is 0 Å². The molecule has 0 fully saturated rings. The van der Waals surface area contributed by atoms with Crippen LogP contribution in [0.3, 0.4) is 0 Å². The maximum Gasteiger partial charge on any atom is 0.419 e. The fourth-order valence-corrected chi connectivity index (χ4v) is 1.91. The van der Waals surface area contributed by atoms with E-state index < -0.39 is 23.6 Å². The third-order valence-electron chi connectivity index (χ3n) is 2.76. The van der Waals surface area contributed by atoms with Gasteiger partial charge in [-0.25, -0.2) is 4.39 Å². The monoisotopic (exact) mass is 263 g/mol. The first-order valence-corrected chi connectivity index (χ1v) is 5.80. The zero-order valence-corrected chi connectivity index (χ0v) is 10.6. The molecular weight excluding hydrogens is 246 g/mol. The third-order valence-corrected chi connectivity index (χ3v) is 2.76. The van der Waals surface area contributed by atoms with Crippen molar-refractivity contribution in [3.05, 3.63) is 35.1 Å². The molecule has 0 aliphatic heterocycles. The van der Waals surface area contributed by atoms with Gasteiger partial charge in [-0.3, -0.25) is 0 Å². The average Bonchev–Trinajstić information content (AvgIpc) is 2.24. The Morgan fingerprint density at radius 2 is 1.83 bits per heavy atom. The van der Waals surface area contributed by atoms with Crippen LogP contribution in [0.2, 0.25) is 0 Å². The molecule has 1 unspecified atom stereocenters. The Balaban J connectivity index is 3.17. The Labute approximate surface area is 104 Å². The lowest BCUT2D eigenvalue weighted by Crippen LogP contribution is -2.21. The van der Waals surface area contributed by atoms with E-state index in [1.807, 2.05) is 13.8 Å². The highest BCUT2D eigenvalue weighted by Gasteiger charge is 2.35. The predicted octanol–water partition coefficient (Wildman–Crippen LogP) is 4.15. The molecule has 0 heterocycles. The molecule has 0 aliphatic rings. The van der Waals surface area contributed by atoms with Gasteiger partial charge in [0.15, 0.2) is 0 Å². The minimum absolute atomic E-state index is 0.0704. The topological polar surface area (TPSA) is 12.0 Å². The van der Waals surface area contributed by atoms with E-state index in [2.05, 4.69) is 5.32 Å². The van der Waals surface area contributed by atoms with Gasteiger partial charge in [-0.1, -0.05) is 26.0 Å². The molecule has 0 radical (unpaired) electrons. The van der Waals surface area contributed by atoms with Crippen molar-refractivity contribution < 1.29 is 17.6 Å². The highest BCUT2D eigenvalue weighted by molar-refractivity contribution is 5.30. The second-order valence-electron chi connectivity index (χ2n) is 4.68. The van der Waals surface area contributed by atoms with Crippen molar-refractivity contribution >= 4 is 0 Å². The minimum Gasteiger partial charge on any atom is -0.313 e. The van der Waals surface area contributed by atoms with Crippen molar-refractivity contribution in [2.45, 2.75) is 32.5 Å². The molecule has 0 spiro atoms. The first-order valence-electron chi connectivity index (χ1n) is 5.80. The second kappa shape index (κ2) is 5.69. The van der Waals surface area contributed by atoms with E-state index in [4.69, 9.17) is 0 Å². The lowest BCUT2D eigenvalue weighted by atomic mass is 9.95. The van der Waals surface area contributed by atoms with E-state index >= 15 is 0 Å². The summed E-state index contributed by atoms with van der Waals surface area (Å²) in [6, 6.07) is 2.99. The van der Waals surface area contributed by atoms with Gasteiger partial charge in [0.1, 0.15) is 5.82 Å². The van der Waals surface area contributed by atoms with Crippen molar-refractivity contribution in [3.8, 4) is 0 Å². The van der Waals surface area contributed by atoms with Crippen LogP contribution in [0.4, 0.5) is 17.6 Å². The second-order valence-corrected chi connectivity index (χ2v) is 4.68. The number of halogens is 4. The van der Waals surface area contributed by atoms with Crippen LogP contribution in [0.5, 0.6) is 0 Å². The number of nitrogens with one attached hydrogen (secondary N) is 1. The van der Waals surface area contributed by atoms with Crippen LogP contribution in [0.25, 0.3) is 0 Å². The summed E-state index contributed by atoms with van der Waals surface area (Å²) in [7, 11) is 1.62. The SMILES string of the molecule is CNC(CC(C)C)c1cccc(C(F)(F)F)c1F. The van der Waals surface area contributed by atoms with Gasteiger partial charge in [0.2, 0.25) is 0 Å². The first-order chi connectivity index (χ1) is 8.27. The number of rotatable bonds is 4. The Hall–Kier alpha value is -1.10. The Bertz CT molecular complexity index is 398. The fraction of sp³-hybridized carbons (Fsp3) is 0.538. The zero-order valence-electron chi connectivity index (χ0n) is 10.6. The van der Waals surface area contributed by atoms with Crippen LogP contribution in [0, 0.1) is 11.7 Å². The quantitative estimate of drug-likeness (QED) is 0.805. The van der Waals surface area contributed by atoms with Crippen molar-refractivity contribution in [2.75, 3.05) is 7.05 Å². The van der Waals surface area contributed by atoms with Crippen molar-refractivity contribution in [1.29, 1.82) is 0 Å². The van der Waals surface area contributed by atoms with Gasteiger partial charge in [-0.2, -0.15) is 13.2 Å². The highest BCUT2D eigenvalue weighted by atomic mass is 19.4. The number of alkyl halides is 3. The lowest BCUT2D eigenvalue weighted by molar-refractivity contribution is -0.140. The molecule has 0 aromatic heterocycles. The van der Waals surface area contributed by atoms with E-state index in [9.17, 15) is 17.6 Å². The molecule has 5 heteroatoms. The maximum absolute atomic E-state index is 13.9. The number of hydrogen-bond donors (Lipinski definition) is 1. The van der Waals surface area contributed by atoms with Gasteiger partial charge in [-0.05, 0) is 25.5 Å². The van der Waals surface area contributed by atoms with Gasteiger partial charge in [-0.15, -0.1) is 0 Å². The summed E-state index contributed by atoms with van der Waals surface area (Å²) in [4.78, 5) is 0. The predicted molar refractivity (Wildman–Crippen MR) is 62.7 cm³/mol. The van der Waals surface area contributed by atoms with Gasteiger partial charge < -0.3 is 5.32 Å². The molecule has 0 saturated carbocycles. The molecule has 102 valence electrons. The molecule has 1 aromatic carbocycles. The molecular formula is C13H17F4N. The maximum atomic E-state index is 13.9. The standard InChI is InChI=1S/C13H17F4N/c1-8(2)7-11(18-3)9-5-4-6-10(12(9)14)13(15,16)17/h4-6,8,11,18H,7H2,1-3H3. The molecule has 0 saturated heterocycles. The number of benzene rings is 1. The van der Waals surface area contributed by atoms with E-state index in [1.165, 1.54) is 12.1 Å². The fourth-order valence-electron chi connectivity index (χ4n) is 1.91. The van der Waals surface area contributed by atoms with Crippen molar-refractivity contribution in [1.82, 2.24) is 5.32 Å². The van der Waals surface area contributed by atoms with Crippen molar-refractivity contribution in [3.63, 3.8) is 0 Å². The smallest absolute Gasteiger partial charge is 0.313 e. The molecule has 18 heavy (non-hydrogen) atoms. The van der Waals surface area contributed by atoms with Crippen LogP contribution in [0.1, 0.15) is 37.4 Å². The zero-order chi connectivity index (χ0) is 13.9. The summed E-state index contributed by atoms with van der Waals surface area (Å²) in [6.07, 6.45) is -4.08. The van der Waals surface area contributed by atoms with E-state index in [0.29, 0.717) is 6.42 Å². The van der Waals surface area contributed by atoms with E-state index in [0.717, 1.165) is 6.07 Å². The average molecular weight is 263 g/mol. The highest BCUT2D eigenvalue weighted by Crippen LogP contribution is 2.34. The minimum atomic E-state index is -4.66. The largest absolute Gasteiger partial charge is 0.419 e. The van der Waals surface area contributed by atoms with Gasteiger partial charge in [0.05, 0.1) is 5.56 Å². The van der Waals surface area contributed by atoms with Crippen LogP contribution < -0.4 is 5.32 Å². The third kappa shape index (κ3) is 3.45. The molecule has 1 N–H and O–H groups in total. The summed E-state index contributed by atoms with van der Waals surface area (Å²) >= 11 is 0. The first kappa shape index (κ1) is 15.0. The van der Waals surface area contributed by atoms with Gasteiger partial charge in [0, 0.05) is 11.6 Å². The van der Waals surface area contributed by atoms with Crippen LogP contribution in [-0.2, 0) is 6.18 Å². The molecule has 0 aliphatic carbocycles. The van der Waals surface area contributed by atoms with Crippen LogP contribution in [-0.4, -0.2) is 7.05 Å². The Kier molecular flexibility index (Phi) is 4.73. The molecule has 1 aromatic rings.